The molecule has 0 spiro atoms. The van der Waals surface area contributed by atoms with Gasteiger partial charge >= 0.3 is 0 Å². The van der Waals surface area contributed by atoms with Crippen molar-refractivity contribution in [2.24, 2.45) is 0 Å². The molecule has 8 heteroatoms. The van der Waals surface area contributed by atoms with Gasteiger partial charge < -0.3 is 15.1 Å². The van der Waals surface area contributed by atoms with Gasteiger partial charge in [-0.1, -0.05) is 49.4 Å². The summed E-state index contributed by atoms with van der Waals surface area (Å²) < 4.78 is 0. The number of aromatic nitrogens is 1. The Morgan fingerprint density at radius 3 is 2.41 bits per heavy atom. The fraction of sp³-hybridized carbons (Fsp3) is 0.379. The van der Waals surface area contributed by atoms with Gasteiger partial charge in [0.1, 0.15) is 5.69 Å². The van der Waals surface area contributed by atoms with Crippen LogP contribution in [0.1, 0.15) is 59.6 Å². The minimum absolute atomic E-state index is 0.0239. The van der Waals surface area contributed by atoms with Gasteiger partial charge in [-0.3, -0.25) is 14.4 Å². The predicted molar refractivity (Wildman–Crippen MR) is 148 cm³/mol. The maximum Gasteiger partial charge on any atom is 0.275 e. The van der Waals surface area contributed by atoms with E-state index in [1.165, 1.54) is 21.8 Å². The molecule has 0 aliphatic carbocycles. The Balaban J connectivity index is 1.35. The second-order valence-electron chi connectivity index (χ2n) is 9.56. The second-order valence-corrected chi connectivity index (χ2v) is 10.5. The lowest BCUT2D eigenvalue weighted by molar-refractivity contribution is -0.136. The molecule has 1 saturated heterocycles. The maximum atomic E-state index is 13.1. The van der Waals surface area contributed by atoms with E-state index in [0.29, 0.717) is 18.8 Å². The molecule has 0 radical (unpaired) electrons. The van der Waals surface area contributed by atoms with Crippen LogP contribution in [0.2, 0.25) is 0 Å². The van der Waals surface area contributed by atoms with E-state index in [9.17, 15) is 14.4 Å². The molecule has 2 heterocycles. The van der Waals surface area contributed by atoms with Crippen LogP contribution in [0.25, 0.3) is 11.1 Å². The molecule has 1 N–H and O–H groups in total. The standard InChI is InChI=1S/C29H34N4O3S/c1-4-20-9-11-21(12-10-20)23-7-5-6-8-24(23)30-28(36)25-19-37-29(31-25)22-15-17-33(18-16-22)27(35)14-13-26(34)32(2)3/h5-12,19,22H,4,13-18H2,1-3H3,(H,30,36). The second kappa shape index (κ2) is 12.1. The SMILES string of the molecule is CCc1ccc(-c2ccccc2NC(=O)c2csc(C3CCN(C(=O)CCC(=O)N(C)C)CC3)n2)cc1. The lowest BCUT2D eigenvalue weighted by atomic mass is 9.97. The Morgan fingerprint density at radius 1 is 1.03 bits per heavy atom. The highest BCUT2D eigenvalue weighted by Crippen LogP contribution is 2.32. The number of anilines is 1. The number of aryl methyl sites for hydroxylation is 1. The van der Waals surface area contributed by atoms with E-state index in [-0.39, 0.29) is 36.5 Å². The van der Waals surface area contributed by atoms with Gasteiger partial charge in [-0.25, -0.2) is 4.98 Å². The third kappa shape index (κ3) is 6.63. The molecule has 1 aliphatic rings. The third-order valence-electron chi connectivity index (χ3n) is 6.85. The van der Waals surface area contributed by atoms with Crippen molar-refractivity contribution in [2.45, 2.75) is 44.9 Å². The number of rotatable bonds is 8. The van der Waals surface area contributed by atoms with Crippen LogP contribution in [0.4, 0.5) is 5.69 Å². The van der Waals surface area contributed by atoms with E-state index in [2.05, 4.69) is 41.5 Å². The first-order chi connectivity index (χ1) is 17.9. The smallest absolute Gasteiger partial charge is 0.275 e. The van der Waals surface area contributed by atoms with Gasteiger partial charge in [0.15, 0.2) is 0 Å². The molecule has 0 saturated carbocycles. The molecule has 4 rings (SSSR count). The van der Waals surface area contributed by atoms with Crippen molar-refractivity contribution in [1.82, 2.24) is 14.8 Å². The number of carbonyl (C=O) groups is 3. The normalized spacial score (nSPS) is 13.9. The summed E-state index contributed by atoms with van der Waals surface area (Å²) in [6, 6.07) is 16.2. The van der Waals surface area contributed by atoms with Gasteiger partial charge in [0.2, 0.25) is 11.8 Å². The Morgan fingerprint density at radius 2 is 1.73 bits per heavy atom. The molecule has 1 fully saturated rings. The molecule has 2 aromatic carbocycles. The molecule has 37 heavy (non-hydrogen) atoms. The first-order valence-corrected chi connectivity index (χ1v) is 13.7. The molecule has 1 aromatic heterocycles. The highest BCUT2D eigenvalue weighted by atomic mass is 32.1. The molecular weight excluding hydrogens is 484 g/mol. The van der Waals surface area contributed by atoms with Gasteiger partial charge in [0.25, 0.3) is 5.91 Å². The lowest BCUT2D eigenvalue weighted by Gasteiger charge is -2.31. The van der Waals surface area contributed by atoms with E-state index in [0.717, 1.165) is 41.1 Å². The van der Waals surface area contributed by atoms with Gasteiger partial charge in [-0.15, -0.1) is 11.3 Å². The Bertz CT molecular complexity index is 1240. The summed E-state index contributed by atoms with van der Waals surface area (Å²) in [6.45, 7) is 3.42. The Hall–Kier alpha value is -3.52. The molecule has 7 nitrogen and oxygen atoms in total. The summed E-state index contributed by atoms with van der Waals surface area (Å²) in [5, 5.41) is 5.79. The molecule has 1 aliphatic heterocycles. The van der Waals surface area contributed by atoms with E-state index in [1.54, 1.807) is 14.1 Å². The van der Waals surface area contributed by atoms with Crippen LogP contribution < -0.4 is 5.32 Å². The predicted octanol–water partition coefficient (Wildman–Crippen LogP) is 5.20. The average molecular weight is 519 g/mol. The number of thiazole rings is 1. The van der Waals surface area contributed by atoms with E-state index < -0.39 is 0 Å². The summed E-state index contributed by atoms with van der Waals surface area (Å²) >= 11 is 1.50. The summed E-state index contributed by atoms with van der Waals surface area (Å²) in [6.07, 6.45) is 3.08. The quantitative estimate of drug-likeness (QED) is 0.444. The number of nitrogens with zero attached hydrogens (tertiary/aromatic N) is 3. The first kappa shape index (κ1) is 26.5. The molecule has 0 atom stereocenters. The Labute approximate surface area is 222 Å². The van der Waals surface area contributed by atoms with Crippen LogP contribution in [0.15, 0.2) is 53.9 Å². The number of hydrogen-bond acceptors (Lipinski definition) is 5. The van der Waals surface area contributed by atoms with Crippen molar-refractivity contribution in [3.05, 3.63) is 70.2 Å². The number of nitrogens with one attached hydrogen (secondary N) is 1. The number of hydrogen-bond donors (Lipinski definition) is 1. The van der Waals surface area contributed by atoms with E-state index >= 15 is 0 Å². The summed E-state index contributed by atoms with van der Waals surface area (Å²) in [7, 11) is 3.40. The fourth-order valence-electron chi connectivity index (χ4n) is 4.50. The molecule has 3 amide bonds. The molecule has 0 bridgehead atoms. The van der Waals surface area contributed by atoms with Crippen molar-refractivity contribution < 1.29 is 14.4 Å². The zero-order valence-electron chi connectivity index (χ0n) is 21.7. The highest BCUT2D eigenvalue weighted by molar-refractivity contribution is 7.10. The highest BCUT2D eigenvalue weighted by Gasteiger charge is 2.26. The fourth-order valence-corrected chi connectivity index (χ4v) is 5.47. The van der Waals surface area contributed by atoms with Crippen molar-refractivity contribution in [1.29, 1.82) is 0 Å². The first-order valence-electron chi connectivity index (χ1n) is 12.8. The number of carbonyl (C=O) groups excluding carboxylic acids is 3. The molecule has 0 unspecified atom stereocenters. The van der Waals surface area contributed by atoms with Crippen LogP contribution in [0.5, 0.6) is 0 Å². The van der Waals surface area contributed by atoms with Gasteiger partial charge in [0, 0.05) is 62.6 Å². The minimum Gasteiger partial charge on any atom is -0.349 e. The third-order valence-corrected chi connectivity index (χ3v) is 7.86. The van der Waals surface area contributed by atoms with Crippen molar-refractivity contribution in [2.75, 3.05) is 32.5 Å². The largest absolute Gasteiger partial charge is 0.349 e. The zero-order valence-corrected chi connectivity index (χ0v) is 22.5. The number of likely N-dealkylation sites (tertiary alicyclic amines) is 1. The van der Waals surface area contributed by atoms with Gasteiger partial charge in [-0.05, 0) is 36.5 Å². The van der Waals surface area contributed by atoms with Crippen LogP contribution >= 0.6 is 11.3 Å². The molecule has 3 aromatic rings. The lowest BCUT2D eigenvalue weighted by Crippen LogP contribution is -2.38. The van der Waals surface area contributed by atoms with Gasteiger partial charge in [0.05, 0.1) is 5.01 Å². The number of amides is 3. The van der Waals surface area contributed by atoms with Crippen LogP contribution in [0.3, 0.4) is 0 Å². The molecule has 194 valence electrons. The maximum absolute atomic E-state index is 13.1. The number of para-hydroxylation sites is 1. The van der Waals surface area contributed by atoms with Crippen LogP contribution in [-0.4, -0.2) is 59.7 Å². The summed E-state index contributed by atoms with van der Waals surface area (Å²) in [5.74, 6) is -0.00798. The summed E-state index contributed by atoms with van der Waals surface area (Å²) in [4.78, 5) is 45.3. The monoisotopic (exact) mass is 518 g/mol. The van der Waals surface area contributed by atoms with Crippen molar-refractivity contribution >= 4 is 34.7 Å². The topological polar surface area (TPSA) is 82.6 Å². The average Bonchev–Trinajstić information content (AvgIpc) is 3.42. The van der Waals surface area contributed by atoms with Crippen molar-refractivity contribution in [3.8, 4) is 11.1 Å². The van der Waals surface area contributed by atoms with Crippen molar-refractivity contribution in [3.63, 3.8) is 0 Å². The number of benzene rings is 2. The van der Waals surface area contributed by atoms with E-state index in [1.807, 2.05) is 34.5 Å². The molecular formula is C29H34N4O3S. The minimum atomic E-state index is -0.224. The summed E-state index contributed by atoms with van der Waals surface area (Å²) in [5.41, 5.74) is 4.47. The Kier molecular flexibility index (Phi) is 8.71. The van der Waals surface area contributed by atoms with E-state index in [4.69, 9.17) is 0 Å². The van der Waals surface area contributed by atoms with Crippen LogP contribution in [-0.2, 0) is 16.0 Å². The number of piperidine rings is 1. The van der Waals surface area contributed by atoms with Crippen LogP contribution in [0, 0.1) is 0 Å². The van der Waals surface area contributed by atoms with Gasteiger partial charge in [-0.2, -0.15) is 0 Å². The zero-order chi connectivity index (χ0) is 26.4.